The number of methoxy groups -OCH3 is 1. The van der Waals surface area contributed by atoms with Crippen molar-refractivity contribution in [2.45, 2.75) is 0 Å². The van der Waals surface area contributed by atoms with Gasteiger partial charge in [-0.3, -0.25) is 0 Å². The number of phenolic OH excluding ortho intramolecular Hbond substituents is 1. The lowest BCUT2D eigenvalue weighted by molar-refractivity contribution is 0.0693. The molecule has 0 aliphatic heterocycles. The van der Waals surface area contributed by atoms with Crippen LogP contribution in [0.25, 0.3) is 12.2 Å². The highest BCUT2D eigenvalue weighted by Gasteiger charge is 2.14. The van der Waals surface area contributed by atoms with Crippen LogP contribution < -0.4 is 4.74 Å². The summed E-state index contributed by atoms with van der Waals surface area (Å²) in [6.07, 6.45) is 3.49. The molecule has 0 bridgehead atoms. The van der Waals surface area contributed by atoms with Crippen LogP contribution in [0.3, 0.4) is 0 Å². The van der Waals surface area contributed by atoms with E-state index >= 15 is 0 Å². The maximum absolute atomic E-state index is 11.3. The summed E-state index contributed by atoms with van der Waals surface area (Å²) in [6.45, 7) is 0. The van der Waals surface area contributed by atoms with Crippen molar-refractivity contribution in [2.75, 3.05) is 7.11 Å². The summed E-state index contributed by atoms with van der Waals surface area (Å²) in [5.74, 6) is -0.520. The predicted molar refractivity (Wildman–Crippen MR) is 77.0 cm³/mol. The second-order valence-corrected chi connectivity index (χ2v) is 4.15. The molecule has 20 heavy (non-hydrogen) atoms. The summed E-state index contributed by atoms with van der Waals surface area (Å²) in [5.41, 5.74) is 1.55. The number of phenols is 1. The largest absolute Gasteiger partial charge is 0.508 e. The summed E-state index contributed by atoms with van der Waals surface area (Å²) >= 11 is 0. The molecule has 2 aromatic carbocycles. The molecule has 2 aromatic rings. The molecule has 0 saturated heterocycles. The predicted octanol–water partition coefficient (Wildman–Crippen LogP) is 3.27. The normalized spacial score (nSPS) is 10.7. The van der Waals surface area contributed by atoms with E-state index in [1.165, 1.54) is 7.11 Å². The lowest BCUT2D eigenvalue weighted by Gasteiger charge is -2.07. The first-order valence-electron chi connectivity index (χ1n) is 5.99. The lowest BCUT2D eigenvalue weighted by atomic mass is 10.0. The number of carbonyl (C=O) groups is 1. The Labute approximate surface area is 116 Å². The number of carboxylic acids is 1. The third kappa shape index (κ3) is 2.98. The molecule has 0 saturated carbocycles. The third-order valence-electron chi connectivity index (χ3n) is 2.84. The van der Waals surface area contributed by atoms with Gasteiger partial charge in [-0.2, -0.15) is 0 Å². The van der Waals surface area contributed by atoms with E-state index in [-0.39, 0.29) is 11.3 Å². The Morgan fingerprint density at radius 2 is 1.80 bits per heavy atom. The summed E-state index contributed by atoms with van der Waals surface area (Å²) in [7, 11) is 1.44. The Hall–Kier alpha value is -2.75. The molecular formula is C16H14O4. The van der Waals surface area contributed by atoms with E-state index in [0.29, 0.717) is 11.3 Å². The molecule has 0 heterocycles. The molecular weight excluding hydrogens is 256 g/mol. The van der Waals surface area contributed by atoms with E-state index in [0.717, 1.165) is 5.56 Å². The van der Waals surface area contributed by atoms with Crippen molar-refractivity contribution >= 4 is 18.1 Å². The number of carboxylic acid groups (broad SMARTS) is 1. The highest BCUT2D eigenvalue weighted by atomic mass is 16.5. The average Bonchev–Trinajstić information content (AvgIpc) is 2.46. The molecule has 0 unspecified atom stereocenters. The van der Waals surface area contributed by atoms with Gasteiger partial charge in [0.1, 0.15) is 17.1 Å². The van der Waals surface area contributed by atoms with E-state index in [1.807, 2.05) is 0 Å². The first-order valence-corrected chi connectivity index (χ1v) is 5.99. The van der Waals surface area contributed by atoms with Crippen LogP contribution >= 0.6 is 0 Å². The molecule has 0 aliphatic rings. The molecule has 0 atom stereocenters. The minimum absolute atomic E-state index is 0.130. The Morgan fingerprint density at radius 1 is 1.10 bits per heavy atom. The standard InChI is InChI=1S/C16H14O4/c1-20-14-4-2-3-12(15(14)16(18)19)8-5-11-6-9-13(17)10-7-11/h2-10,17H,1H3,(H,18,19)/b8-5+. The minimum atomic E-state index is -1.03. The first-order chi connectivity index (χ1) is 9.61. The van der Waals surface area contributed by atoms with Crippen LogP contribution in [0.1, 0.15) is 21.5 Å². The number of ether oxygens (including phenoxy) is 1. The summed E-state index contributed by atoms with van der Waals surface area (Å²) in [4.78, 5) is 11.3. The maximum Gasteiger partial charge on any atom is 0.340 e. The Morgan fingerprint density at radius 3 is 2.40 bits per heavy atom. The van der Waals surface area contributed by atoms with Crippen LogP contribution in [0, 0.1) is 0 Å². The fraction of sp³-hybridized carbons (Fsp3) is 0.0625. The van der Waals surface area contributed by atoms with Gasteiger partial charge in [-0.15, -0.1) is 0 Å². The first kappa shape index (κ1) is 13.7. The van der Waals surface area contributed by atoms with E-state index in [4.69, 9.17) is 4.74 Å². The van der Waals surface area contributed by atoms with Crippen molar-refractivity contribution < 1.29 is 19.7 Å². The molecule has 4 nitrogen and oxygen atoms in total. The summed E-state index contributed by atoms with van der Waals surface area (Å²) < 4.78 is 5.07. The number of aromatic hydroxyl groups is 1. The van der Waals surface area contributed by atoms with Crippen LogP contribution in [0.15, 0.2) is 42.5 Å². The number of hydrogen-bond acceptors (Lipinski definition) is 3. The van der Waals surface area contributed by atoms with Gasteiger partial charge in [0, 0.05) is 0 Å². The van der Waals surface area contributed by atoms with Crippen LogP contribution in [0.4, 0.5) is 0 Å². The molecule has 0 aromatic heterocycles. The third-order valence-corrected chi connectivity index (χ3v) is 2.84. The Kier molecular flexibility index (Phi) is 4.05. The van der Waals surface area contributed by atoms with Gasteiger partial charge in [0.05, 0.1) is 7.11 Å². The van der Waals surface area contributed by atoms with Crippen molar-refractivity contribution in [3.8, 4) is 11.5 Å². The summed E-state index contributed by atoms with van der Waals surface area (Å²) in [6, 6.07) is 11.7. The molecule has 0 radical (unpaired) electrons. The quantitative estimate of drug-likeness (QED) is 0.837. The van der Waals surface area contributed by atoms with Crippen LogP contribution in [-0.4, -0.2) is 23.3 Å². The number of hydrogen-bond donors (Lipinski definition) is 2. The fourth-order valence-corrected chi connectivity index (χ4v) is 1.86. The van der Waals surface area contributed by atoms with Gasteiger partial charge < -0.3 is 14.9 Å². The Bertz CT molecular complexity index is 642. The number of benzene rings is 2. The van der Waals surface area contributed by atoms with Gasteiger partial charge >= 0.3 is 5.97 Å². The fourth-order valence-electron chi connectivity index (χ4n) is 1.86. The zero-order chi connectivity index (χ0) is 14.5. The van der Waals surface area contributed by atoms with Crippen molar-refractivity contribution in [1.82, 2.24) is 0 Å². The molecule has 4 heteroatoms. The van der Waals surface area contributed by atoms with Gasteiger partial charge in [-0.1, -0.05) is 36.4 Å². The second kappa shape index (κ2) is 5.93. The molecule has 0 amide bonds. The SMILES string of the molecule is COc1cccc(/C=C/c2ccc(O)cc2)c1C(=O)O. The molecule has 2 rings (SSSR count). The van der Waals surface area contributed by atoms with Gasteiger partial charge in [-0.25, -0.2) is 4.79 Å². The van der Waals surface area contributed by atoms with Crippen LogP contribution in [-0.2, 0) is 0 Å². The van der Waals surface area contributed by atoms with Crippen molar-refractivity contribution in [3.05, 3.63) is 59.2 Å². The van der Waals surface area contributed by atoms with E-state index in [2.05, 4.69) is 0 Å². The zero-order valence-electron chi connectivity index (χ0n) is 10.9. The number of aromatic carboxylic acids is 1. The Balaban J connectivity index is 2.38. The smallest absolute Gasteiger partial charge is 0.340 e. The maximum atomic E-state index is 11.3. The van der Waals surface area contributed by atoms with Gasteiger partial charge in [0.15, 0.2) is 0 Å². The molecule has 102 valence electrons. The van der Waals surface area contributed by atoms with E-state index in [9.17, 15) is 15.0 Å². The van der Waals surface area contributed by atoms with Crippen molar-refractivity contribution in [1.29, 1.82) is 0 Å². The topological polar surface area (TPSA) is 66.8 Å². The highest BCUT2D eigenvalue weighted by molar-refractivity contribution is 5.96. The molecule has 2 N–H and O–H groups in total. The van der Waals surface area contributed by atoms with Gasteiger partial charge in [0.2, 0.25) is 0 Å². The second-order valence-electron chi connectivity index (χ2n) is 4.15. The lowest BCUT2D eigenvalue weighted by Crippen LogP contribution is -2.02. The van der Waals surface area contributed by atoms with Gasteiger partial charge in [0.25, 0.3) is 0 Å². The van der Waals surface area contributed by atoms with Crippen LogP contribution in [0.5, 0.6) is 11.5 Å². The number of rotatable bonds is 4. The van der Waals surface area contributed by atoms with E-state index < -0.39 is 5.97 Å². The zero-order valence-corrected chi connectivity index (χ0v) is 10.9. The van der Waals surface area contributed by atoms with Gasteiger partial charge in [-0.05, 0) is 29.3 Å². The molecule has 0 fully saturated rings. The summed E-state index contributed by atoms with van der Waals surface area (Å²) in [5, 5.41) is 18.5. The van der Waals surface area contributed by atoms with Crippen molar-refractivity contribution in [3.63, 3.8) is 0 Å². The molecule has 0 spiro atoms. The molecule has 0 aliphatic carbocycles. The monoisotopic (exact) mass is 270 g/mol. The van der Waals surface area contributed by atoms with Crippen molar-refractivity contribution in [2.24, 2.45) is 0 Å². The minimum Gasteiger partial charge on any atom is -0.508 e. The average molecular weight is 270 g/mol. The van der Waals surface area contributed by atoms with Crippen LogP contribution in [0.2, 0.25) is 0 Å². The van der Waals surface area contributed by atoms with E-state index in [1.54, 1.807) is 54.6 Å². The highest BCUT2D eigenvalue weighted by Crippen LogP contribution is 2.24.